The molecule has 0 aliphatic heterocycles. The minimum Gasteiger partial charge on any atom is -0.461 e. The van der Waals surface area contributed by atoms with Gasteiger partial charge in [0.2, 0.25) is 5.69 Å². The van der Waals surface area contributed by atoms with Gasteiger partial charge >= 0.3 is 5.97 Å². The first-order valence-corrected chi connectivity index (χ1v) is 7.37. The van der Waals surface area contributed by atoms with Gasteiger partial charge in [-0.3, -0.25) is 9.36 Å². The molecule has 0 amide bonds. The number of ether oxygens (including phenoxy) is 1. The molecule has 1 heterocycles. The van der Waals surface area contributed by atoms with Crippen LogP contribution in [-0.4, -0.2) is 22.1 Å². The fourth-order valence-electron chi connectivity index (χ4n) is 2.46. The summed E-state index contributed by atoms with van der Waals surface area (Å²) >= 11 is 0. The third-order valence-electron chi connectivity index (χ3n) is 3.49. The Morgan fingerprint density at radius 3 is 2.61 bits per heavy atom. The zero-order chi connectivity index (χ0) is 16.4. The molecule has 3 rings (SSSR count). The van der Waals surface area contributed by atoms with E-state index in [0.717, 1.165) is 5.56 Å². The normalized spacial score (nSPS) is 10.7. The van der Waals surface area contributed by atoms with Crippen LogP contribution in [0.5, 0.6) is 0 Å². The maximum absolute atomic E-state index is 12.8. The van der Waals surface area contributed by atoms with E-state index in [1.807, 2.05) is 55.5 Å². The molecule has 23 heavy (non-hydrogen) atoms. The monoisotopic (exact) mass is 308 g/mol. The topological polar surface area (TPSA) is 61.2 Å². The second kappa shape index (κ2) is 6.04. The number of aryl methyl sites for hydroxylation is 1. The van der Waals surface area contributed by atoms with Gasteiger partial charge in [-0.05, 0) is 43.7 Å². The van der Waals surface area contributed by atoms with Crippen molar-refractivity contribution in [1.82, 2.24) is 9.55 Å². The summed E-state index contributed by atoms with van der Waals surface area (Å²) in [6.45, 7) is 3.82. The first-order chi connectivity index (χ1) is 11.1. The quantitative estimate of drug-likeness (QED) is 0.698. The van der Waals surface area contributed by atoms with Crippen LogP contribution in [0.25, 0.3) is 16.7 Å². The van der Waals surface area contributed by atoms with Crippen molar-refractivity contribution in [3.05, 3.63) is 70.1 Å². The van der Waals surface area contributed by atoms with E-state index in [1.165, 1.54) is 4.57 Å². The lowest BCUT2D eigenvalue weighted by Gasteiger charge is -2.12. The number of fused-ring (bicyclic) bond motifs is 1. The van der Waals surface area contributed by atoms with E-state index in [1.54, 1.807) is 6.92 Å². The number of hydrogen-bond donors (Lipinski definition) is 0. The van der Waals surface area contributed by atoms with Crippen LogP contribution in [0.2, 0.25) is 0 Å². The van der Waals surface area contributed by atoms with Crippen LogP contribution in [-0.2, 0) is 4.74 Å². The molecule has 5 nitrogen and oxygen atoms in total. The van der Waals surface area contributed by atoms with Gasteiger partial charge in [-0.15, -0.1) is 0 Å². The van der Waals surface area contributed by atoms with Gasteiger partial charge in [-0.25, -0.2) is 9.78 Å². The Bertz CT molecular complexity index is 930. The van der Waals surface area contributed by atoms with Crippen molar-refractivity contribution in [1.29, 1.82) is 0 Å². The second-order valence-corrected chi connectivity index (χ2v) is 5.15. The Kier molecular flexibility index (Phi) is 3.93. The van der Waals surface area contributed by atoms with Gasteiger partial charge in [0.05, 0.1) is 17.6 Å². The van der Waals surface area contributed by atoms with Crippen LogP contribution in [0.4, 0.5) is 0 Å². The second-order valence-electron chi connectivity index (χ2n) is 5.15. The van der Waals surface area contributed by atoms with Crippen LogP contribution < -0.4 is 5.56 Å². The van der Waals surface area contributed by atoms with Crippen molar-refractivity contribution in [3.8, 4) is 5.69 Å². The van der Waals surface area contributed by atoms with Crippen molar-refractivity contribution in [3.63, 3.8) is 0 Å². The Hall–Kier alpha value is -2.95. The number of carbonyl (C=O) groups is 1. The van der Waals surface area contributed by atoms with Crippen molar-refractivity contribution >= 4 is 17.0 Å². The highest BCUT2D eigenvalue weighted by Gasteiger charge is 2.19. The van der Waals surface area contributed by atoms with Gasteiger partial charge in [-0.2, -0.15) is 0 Å². The van der Waals surface area contributed by atoms with Gasteiger partial charge in [0, 0.05) is 5.69 Å². The fourth-order valence-corrected chi connectivity index (χ4v) is 2.46. The minimum atomic E-state index is -0.703. The maximum Gasteiger partial charge on any atom is 0.362 e. The maximum atomic E-state index is 12.8. The van der Waals surface area contributed by atoms with E-state index in [-0.39, 0.29) is 12.3 Å². The molecule has 0 saturated heterocycles. The Balaban J connectivity index is 2.38. The molecule has 2 aromatic carbocycles. The van der Waals surface area contributed by atoms with Crippen LogP contribution >= 0.6 is 0 Å². The molecule has 0 aliphatic rings. The molecule has 0 radical (unpaired) electrons. The van der Waals surface area contributed by atoms with Crippen LogP contribution in [0.1, 0.15) is 23.0 Å². The van der Waals surface area contributed by atoms with E-state index in [0.29, 0.717) is 16.7 Å². The Labute approximate surface area is 133 Å². The third kappa shape index (κ3) is 2.73. The van der Waals surface area contributed by atoms with Gasteiger partial charge in [0.1, 0.15) is 0 Å². The summed E-state index contributed by atoms with van der Waals surface area (Å²) in [7, 11) is 0. The molecule has 0 fully saturated rings. The molecule has 5 heteroatoms. The van der Waals surface area contributed by atoms with Gasteiger partial charge in [0.25, 0.3) is 5.56 Å². The summed E-state index contributed by atoms with van der Waals surface area (Å²) in [6, 6.07) is 14.8. The number of carbonyl (C=O) groups excluding carboxylic acids is 1. The number of hydrogen-bond acceptors (Lipinski definition) is 4. The zero-order valence-corrected chi connectivity index (χ0v) is 12.9. The van der Waals surface area contributed by atoms with E-state index in [4.69, 9.17) is 4.74 Å². The molecule has 1 aromatic heterocycles. The van der Waals surface area contributed by atoms with Crippen molar-refractivity contribution in [2.75, 3.05) is 6.61 Å². The number of aromatic nitrogens is 2. The van der Waals surface area contributed by atoms with E-state index >= 15 is 0 Å². The molecule has 0 bridgehead atoms. The van der Waals surface area contributed by atoms with Gasteiger partial charge in [-0.1, -0.05) is 24.3 Å². The highest BCUT2D eigenvalue weighted by molar-refractivity contribution is 5.90. The van der Waals surface area contributed by atoms with Crippen LogP contribution in [0, 0.1) is 6.92 Å². The van der Waals surface area contributed by atoms with Crippen LogP contribution in [0.15, 0.2) is 53.3 Å². The molecular weight excluding hydrogens is 292 g/mol. The van der Waals surface area contributed by atoms with E-state index < -0.39 is 11.5 Å². The first-order valence-electron chi connectivity index (χ1n) is 7.37. The lowest BCUT2D eigenvalue weighted by molar-refractivity contribution is 0.0517. The summed E-state index contributed by atoms with van der Waals surface area (Å²) in [5.74, 6) is -0.703. The molecule has 0 unspecified atom stereocenters. The van der Waals surface area contributed by atoms with Crippen molar-refractivity contribution in [2.45, 2.75) is 13.8 Å². The molecular formula is C18H16N2O3. The molecule has 116 valence electrons. The Morgan fingerprint density at radius 1 is 1.17 bits per heavy atom. The van der Waals surface area contributed by atoms with Crippen LogP contribution in [0.3, 0.4) is 0 Å². The smallest absolute Gasteiger partial charge is 0.362 e. The molecule has 0 aliphatic carbocycles. The Morgan fingerprint density at radius 2 is 1.91 bits per heavy atom. The lowest BCUT2D eigenvalue weighted by atomic mass is 10.2. The summed E-state index contributed by atoms with van der Waals surface area (Å²) in [5.41, 5.74) is 2.23. The standard InChI is InChI=1S/C18H16N2O3/c1-3-23-18(22)16-17(21)20(13-7-5-4-6-8-13)15-10-9-12(2)11-14(15)19-16/h4-11H,3H2,1-2H3. The average Bonchev–Trinajstić information content (AvgIpc) is 2.55. The minimum absolute atomic E-state index is 0.192. The van der Waals surface area contributed by atoms with Gasteiger partial charge in [0.15, 0.2) is 0 Å². The molecule has 0 spiro atoms. The summed E-state index contributed by atoms with van der Waals surface area (Å²) in [6.07, 6.45) is 0. The SMILES string of the molecule is CCOC(=O)c1nc2cc(C)ccc2n(-c2ccccc2)c1=O. The summed E-state index contributed by atoms with van der Waals surface area (Å²) in [4.78, 5) is 29.1. The highest BCUT2D eigenvalue weighted by atomic mass is 16.5. The van der Waals surface area contributed by atoms with Crippen molar-refractivity contribution in [2.24, 2.45) is 0 Å². The summed E-state index contributed by atoms with van der Waals surface area (Å²) in [5, 5.41) is 0. The number of rotatable bonds is 3. The fraction of sp³-hybridized carbons (Fsp3) is 0.167. The number of esters is 1. The third-order valence-corrected chi connectivity index (χ3v) is 3.49. The number of nitrogens with zero attached hydrogens (tertiary/aromatic N) is 2. The highest BCUT2D eigenvalue weighted by Crippen LogP contribution is 2.17. The lowest BCUT2D eigenvalue weighted by Crippen LogP contribution is -2.28. The van der Waals surface area contributed by atoms with E-state index in [2.05, 4.69) is 4.98 Å². The van der Waals surface area contributed by atoms with E-state index in [9.17, 15) is 9.59 Å². The molecule has 0 atom stereocenters. The number of benzene rings is 2. The number of para-hydroxylation sites is 1. The molecule has 3 aromatic rings. The van der Waals surface area contributed by atoms with Gasteiger partial charge < -0.3 is 4.74 Å². The molecule has 0 N–H and O–H groups in total. The largest absolute Gasteiger partial charge is 0.461 e. The predicted octanol–water partition coefficient (Wildman–Crippen LogP) is 2.87. The average molecular weight is 308 g/mol. The van der Waals surface area contributed by atoms with Crippen molar-refractivity contribution < 1.29 is 9.53 Å². The zero-order valence-electron chi connectivity index (χ0n) is 12.9. The first kappa shape index (κ1) is 15.0. The molecule has 0 saturated carbocycles. The predicted molar refractivity (Wildman–Crippen MR) is 88.0 cm³/mol. The summed E-state index contributed by atoms with van der Waals surface area (Å²) < 4.78 is 6.46.